The fourth-order valence-electron chi connectivity index (χ4n) is 4.01. The molecule has 2 heterocycles. The van der Waals surface area contributed by atoms with Crippen molar-refractivity contribution in [3.8, 4) is 0 Å². The van der Waals surface area contributed by atoms with Crippen LogP contribution in [-0.4, -0.2) is 50.6 Å². The Morgan fingerprint density at radius 3 is 2.68 bits per heavy atom. The molecule has 1 N–H and O–H groups in total. The van der Waals surface area contributed by atoms with Gasteiger partial charge in [-0.1, -0.05) is 12.8 Å². The van der Waals surface area contributed by atoms with E-state index in [1.165, 1.54) is 12.8 Å². The molecule has 1 atom stereocenters. The van der Waals surface area contributed by atoms with Gasteiger partial charge in [-0.25, -0.2) is 4.98 Å². The number of carbonyl (C=O) groups is 2. The van der Waals surface area contributed by atoms with Crippen LogP contribution in [0.2, 0.25) is 0 Å². The number of carbonyl (C=O) groups excluding carboxylic acids is 2. The van der Waals surface area contributed by atoms with Crippen molar-refractivity contribution >= 4 is 11.8 Å². The molecule has 25 heavy (non-hydrogen) atoms. The summed E-state index contributed by atoms with van der Waals surface area (Å²) in [7, 11) is 0. The van der Waals surface area contributed by atoms with Gasteiger partial charge in [0.1, 0.15) is 11.6 Å². The molecule has 1 saturated heterocycles. The molecule has 7 nitrogen and oxygen atoms in total. The number of aryl methyl sites for hydroxylation is 3. The van der Waals surface area contributed by atoms with Crippen molar-refractivity contribution in [3.05, 3.63) is 11.6 Å². The van der Waals surface area contributed by atoms with Crippen LogP contribution < -0.4 is 5.32 Å². The van der Waals surface area contributed by atoms with Gasteiger partial charge in [0.05, 0.1) is 5.92 Å². The van der Waals surface area contributed by atoms with Gasteiger partial charge in [-0.2, -0.15) is 5.10 Å². The molecular weight excluding hydrogens is 318 g/mol. The average molecular weight is 347 g/mol. The smallest absolute Gasteiger partial charge is 0.224 e. The Hall–Kier alpha value is -1.92. The third kappa shape index (κ3) is 4.38. The normalized spacial score (nSPS) is 21.8. The molecular formula is C18H29N5O2. The summed E-state index contributed by atoms with van der Waals surface area (Å²) in [5.41, 5.74) is 0. The van der Waals surface area contributed by atoms with Gasteiger partial charge in [0.25, 0.3) is 0 Å². The second-order valence-corrected chi connectivity index (χ2v) is 7.29. The van der Waals surface area contributed by atoms with Gasteiger partial charge >= 0.3 is 0 Å². The van der Waals surface area contributed by atoms with Crippen LogP contribution in [0, 0.1) is 19.8 Å². The minimum absolute atomic E-state index is 0.0614. The zero-order valence-electron chi connectivity index (χ0n) is 15.3. The largest absolute Gasteiger partial charge is 0.356 e. The minimum Gasteiger partial charge on any atom is -0.356 e. The van der Waals surface area contributed by atoms with Crippen LogP contribution in [0.4, 0.5) is 0 Å². The third-order valence-electron chi connectivity index (χ3n) is 5.39. The number of nitrogens with one attached hydrogen (secondary N) is 1. The first-order valence-electron chi connectivity index (χ1n) is 9.50. The van der Waals surface area contributed by atoms with E-state index in [9.17, 15) is 9.59 Å². The Morgan fingerprint density at radius 2 is 2.00 bits per heavy atom. The Bertz CT molecular complexity index is 621. The van der Waals surface area contributed by atoms with Crippen LogP contribution in [0.3, 0.4) is 0 Å². The van der Waals surface area contributed by atoms with Crippen molar-refractivity contribution in [3.63, 3.8) is 0 Å². The molecule has 7 heteroatoms. The van der Waals surface area contributed by atoms with E-state index in [0.29, 0.717) is 32.0 Å². The van der Waals surface area contributed by atoms with Crippen molar-refractivity contribution in [2.45, 2.75) is 71.4 Å². The fraction of sp³-hybridized carbons (Fsp3) is 0.778. The summed E-state index contributed by atoms with van der Waals surface area (Å²) in [6.45, 7) is 5.80. The Labute approximate surface area is 149 Å². The van der Waals surface area contributed by atoms with E-state index in [-0.39, 0.29) is 17.7 Å². The maximum Gasteiger partial charge on any atom is 0.224 e. The summed E-state index contributed by atoms with van der Waals surface area (Å²) >= 11 is 0. The highest BCUT2D eigenvalue weighted by Crippen LogP contribution is 2.28. The van der Waals surface area contributed by atoms with E-state index in [1.807, 2.05) is 23.4 Å². The molecule has 1 aromatic rings. The maximum absolute atomic E-state index is 12.5. The van der Waals surface area contributed by atoms with Crippen molar-refractivity contribution in [1.82, 2.24) is 25.0 Å². The molecule has 0 radical (unpaired) electrons. The van der Waals surface area contributed by atoms with Crippen LogP contribution >= 0.6 is 0 Å². The Balaban J connectivity index is 1.43. The highest BCUT2D eigenvalue weighted by Gasteiger charge is 2.34. The fourth-order valence-corrected chi connectivity index (χ4v) is 4.01. The lowest BCUT2D eigenvalue weighted by molar-refractivity contribution is -0.140. The second kappa shape index (κ2) is 7.97. The van der Waals surface area contributed by atoms with Crippen LogP contribution in [-0.2, 0) is 16.1 Å². The summed E-state index contributed by atoms with van der Waals surface area (Å²) in [5, 5.41) is 7.36. The second-order valence-electron chi connectivity index (χ2n) is 7.29. The van der Waals surface area contributed by atoms with Gasteiger partial charge in [-0.3, -0.25) is 14.3 Å². The predicted molar refractivity (Wildman–Crippen MR) is 93.8 cm³/mol. The molecule has 1 saturated carbocycles. The molecule has 2 amide bonds. The molecule has 2 fully saturated rings. The van der Waals surface area contributed by atoms with Gasteiger partial charge in [-0.15, -0.1) is 0 Å². The van der Waals surface area contributed by atoms with Crippen molar-refractivity contribution in [1.29, 1.82) is 0 Å². The Kier molecular flexibility index (Phi) is 5.71. The molecule has 0 bridgehead atoms. The minimum atomic E-state index is -0.0614. The molecule has 1 aromatic heterocycles. The number of rotatable bonds is 6. The standard InChI is InChI=1S/C18H29N5O2/c1-13-20-14(2)23(21-13)11-5-10-19-18(25)15-8-9-17(24)22(12-15)16-6-3-4-7-16/h15-16H,3-12H2,1-2H3,(H,19,25)/t15-/m0/s1. The molecule has 0 spiro atoms. The first-order chi connectivity index (χ1) is 12.0. The summed E-state index contributed by atoms with van der Waals surface area (Å²) < 4.78 is 1.88. The number of aromatic nitrogens is 3. The van der Waals surface area contributed by atoms with Gasteiger partial charge < -0.3 is 10.2 Å². The first-order valence-corrected chi connectivity index (χ1v) is 9.50. The molecule has 1 aliphatic carbocycles. The van der Waals surface area contributed by atoms with E-state index in [2.05, 4.69) is 15.4 Å². The monoisotopic (exact) mass is 347 g/mol. The number of amides is 2. The number of likely N-dealkylation sites (tertiary alicyclic amines) is 1. The average Bonchev–Trinajstić information content (AvgIpc) is 3.21. The highest BCUT2D eigenvalue weighted by molar-refractivity contribution is 5.84. The quantitative estimate of drug-likeness (QED) is 0.793. The molecule has 3 rings (SSSR count). The molecule has 2 aliphatic rings. The lowest BCUT2D eigenvalue weighted by atomic mass is 9.95. The number of piperidine rings is 1. The van der Waals surface area contributed by atoms with E-state index < -0.39 is 0 Å². The van der Waals surface area contributed by atoms with E-state index in [1.54, 1.807) is 0 Å². The maximum atomic E-state index is 12.5. The van der Waals surface area contributed by atoms with Crippen molar-refractivity contribution in [2.24, 2.45) is 5.92 Å². The van der Waals surface area contributed by atoms with Crippen LogP contribution in [0.25, 0.3) is 0 Å². The molecule has 0 unspecified atom stereocenters. The van der Waals surface area contributed by atoms with E-state index in [0.717, 1.165) is 37.5 Å². The highest BCUT2D eigenvalue weighted by atomic mass is 16.2. The van der Waals surface area contributed by atoms with Crippen molar-refractivity contribution < 1.29 is 9.59 Å². The SMILES string of the molecule is Cc1nc(C)n(CCCNC(=O)[C@H]2CCC(=O)N(C3CCCC3)C2)n1. The van der Waals surface area contributed by atoms with Crippen LogP contribution in [0.5, 0.6) is 0 Å². The number of hydrogen-bond donors (Lipinski definition) is 1. The number of nitrogens with zero attached hydrogens (tertiary/aromatic N) is 4. The topological polar surface area (TPSA) is 80.1 Å². The lowest BCUT2D eigenvalue weighted by Gasteiger charge is -2.36. The van der Waals surface area contributed by atoms with Crippen LogP contribution in [0.15, 0.2) is 0 Å². The summed E-state index contributed by atoms with van der Waals surface area (Å²) in [6.07, 6.45) is 6.60. The van der Waals surface area contributed by atoms with Crippen molar-refractivity contribution in [2.75, 3.05) is 13.1 Å². The third-order valence-corrected chi connectivity index (χ3v) is 5.39. The van der Waals surface area contributed by atoms with Crippen LogP contribution in [0.1, 0.15) is 56.6 Å². The summed E-state index contributed by atoms with van der Waals surface area (Å²) in [5.74, 6) is 1.94. The molecule has 0 aromatic carbocycles. The first kappa shape index (κ1) is 17.9. The molecule has 138 valence electrons. The van der Waals surface area contributed by atoms with Gasteiger partial charge in [0.2, 0.25) is 11.8 Å². The Morgan fingerprint density at radius 1 is 1.24 bits per heavy atom. The number of hydrogen-bond acceptors (Lipinski definition) is 4. The van der Waals surface area contributed by atoms with Gasteiger partial charge in [0, 0.05) is 32.1 Å². The van der Waals surface area contributed by atoms with E-state index >= 15 is 0 Å². The van der Waals surface area contributed by atoms with Gasteiger partial charge in [-0.05, 0) is 39.5 Å². The zero-order valence-corrected chi connectivity index (χ0v) is 15.3. The molecule has 1 aliphatic heterocycles. The van der Waals surface area contributed by atoms with E-state index in [4.69, 9.17) is 0 Å². The summed E-state index contributed by atoms with van der Waals surface area (Å²) in [4.78, 5) is 30.9. The zero-order chi connectivity index (χ0) is 17.8. The predicted octanol–water partition coefficient (Wildman–Crippen LogP) is 1.58. The van der Waals surface area contributed by atoms with Gasteiger partial charge in [0.15, 0.2) is 0 Å². The summed E-state index contributed by atoms with van der Waals surface area (Å²) in [6, 6.07) is 0.363. The lowest BCUT2D eigenvalue weighted by Crippen LogP contribution is -2.49.